The Morgan fingerprint density at radius 1 is 0.854 bits per heavy atom. The summed E-state index contributed by atoms with van der Waals surface area (Å²) in [5.41, 5.74) is 1.70. The first-order chi connectivity index (χ1) is 19.7. The quantitative estimate of drug-likeness (QED) is 0.276. The minimum Gasteiger partial charge on any atom is -0.346 e. The molecule has 0 bridgehead atoms. The highest BCUT2D eigenvalue weighted by molar-refractivity contribution is 6.16. The molecule has 212 valence electrons. The summed E-state index contributed by atoms with van der Waals surface area (Å²) in [4.78, 5) is 71.4. The molecular weight excluding hydrogens is 520 g/mol. The summed E-state index contributed by atoms with van der Waals surface area (Å²) in [5, 5.41) is 5.65. The van der Waals surface area contributed by atoms with E-state index in [2.05, 4.69) is 15.6 Å². The van der Waals surface area contributed by atoms with Gasteiger partial charge in [-0.2, -0.15) is 0 Å². The fourth-order valence-electron chi connectivity index (χ4n) is 5.01. The van der Waals surface area contributed by atoms with E-state index in [1.807, 2.05) is 36.4 Å². The van der Waals surface area contributed by atoms with Gasteiger partial charge in [0.1, 0.15) is 11.6 Å². The van der Waals surface area contributed by atoms with Gasteiger partial charge in [0, 0.05) is 6.20 Å². The molecule has 4 amide bonds. The summed E-state index contributed by atoms with van der Waals surface area (Å²) in [7, 11) is 0. The van der Waals surface area contributed by atoms with E-state index in [1.54, 1.807) is 63.2 Å². The number of carbonyl (C=O) groups excluding carboxylic acids is 5. The van der Waals surface area contributed by atoms with Gasteiger partial charge < -0.3 is 10.6 Å². The molecule has 4 rings (SSSR count). The van der Waals surface area contributed by atoms with E-state index in [0.717, 1.165) is 10.5 Å². The number of Topliss-reactive ketones (excluding diaryl/α,β-unsaturated/α-hetero) is 1. The zero-order chi connectivity index (χ0) is 29.5. The van der Waals surface area contributed by atoms with E-state index in [9.17, 15) is 24.0 Å². The summed E-state index contributed by atoms with van der Waals surface area (Å²) >= 11 is 0. The van der Waals surface area contributed by atoms with Gasteiger partial charge in [-0.05, 0) is 29.2 Å². The highest BCUT2D eigenvalue weighted by Gasteiger charge is 2.50. The van der Waals surface area contributed by atoms with Gasteiger partial charge in [0.25, 0.3) is 5.91 Å². The van der Waals surface area contributed by atoms with Crippen molar-refractivity contribution in [2.45, 2.75) is 45.8 Å². The van der Waals surface area contributed by atoms with Crippen LogP contribution in [0.4, 0.5) is 0 Å². The van der Waals surface area contributed by atoms with Crippen molar-refractivity contribution < 1.29 is 24.0 Å². The number of ketones is 1. The molecule has 4 atom stereocenters. The normalized spacial score (nSPS) is 18.2. The third-order valence-electron chi connectivity index (χ3n) is 7.26. The van der Waals surface area contributed by atoms with Gasteiger partial charge >= 0.3 is 0 Å². The summed E-state index contributed by atoms with van der Waals surface area (Å²) in [6.45, 7) is 5.20. The van der Waals surface area contributed by atoms with Crippen LogP contribution in [0.15, 0.2) is 85.1 Å². The fourth-order valence-corrected chi connectivity index (χ4v) is 5.01. The Morgan fingerprint density at radius 3 is 2.10 bits per heavy atom. The van der Waals surface area contributed by atoms with Crippen LogP contribution in [-0.2, 0) is 25.7 Å². The maximum Gasteiger partial charge on any atom is 0.270 e. The average molecular weight is 555 g/mol. The fraction of sp³-hybridized carbons (Fsp3) is 0.312. The van der Waals surface area contributed by atoms with E-state index < -0.39 is 53.3 Å². The zero-order valence-electron chi connectivity index (χ0n) is 23.3. The Labute approximate surface area is 239 Å². The maximum absolute atomic E-state index is 13.7. The lowest BCUT2D eigenvalue weighted by atomic mass is 9.85. The summed E-state index contributed by atoms with van der Waals surface area (Å²) in [5.74, 6) is -4.75. The second-order valence-electron chi connectivity index (χ2n) is 10.6. The average Bonchev–Trinajstić information content (AvgIpc) is 3.19. The maximum atomic E-state index is 13.7. The van der Waals surface area contributed by atoms with Gasteiger partial charge in [0.05, 0.1) is 31.0 Å². The van der Waals surface area contributed by atoms with Crippen LogP contribution in [0.25, 0.3) is 0 Å². The lowest BCUT2D eigenvalue weighted by Crippen LogP contribution is -2.49. The van der Waals surface area contributed by atoms with Crippen LogP contribution in [0.2, 0.25) is 0 Å². The van der Waals surface area contributed by atoms with E-state index >= 15 is 0 Å². The first-order valence-electron chi connectivity index (χ1n) is 13.7. The van der Waals surface area contributed by atoms with Crippen LogP contribution in [0.1, 0.15) is 54.8 Å². The molecule has 1 aliphatic heterocycles. The van der Waals surface area contributed by atoms with Crippen LogP contribution in [0.5, 0.6) is 0 Å². The topological polar surface area (TPSA) is 126 Å². The SMILES string of the molecule is CC(C)[C@H](NC(=O)C[C@H](NC(=O)c1ccccn1)c1ccccc1)C(=O)[C@@H]1C(=O)N(Cc2ccccc2)C(=O)[C@H]1C. The number of benzene rings is 2. The van der Waals surface area contributed by atoms with Gasteiger partial charge in [-0.25, -0.2) is 0 Å². The molecular formula is C32H34N4O5. The van der Waals surface area contributed by atoms with Crippen LogP contribution in [0.3, 0.4) is 0 Å². The van der Waals surface area contributed by atoms with Crippen molar-refractivity contribution >= 4 is 29.4 Å². The minimum absolute atomic E-state index is 0.0834. The van der Waals surface area contributed by atoms with Crippen molar-refractivity contribution in [2.24, 2.45) is 17.8 Å². The first kappa shape index (κ1) is 29.3. The Morgan fingerprint density at radius 2 is 1.49 bits per heavy atom. The molecule has 2 aromatic carbocycles. The number of amides is 4. The summed E-state index contributed by atoms with van der Waals surface area (Å²) in [6, 6.07) is 21.4. The van der Waals surface area contributed by atoms with Crippen LogP contribution in [0, 0.1) is 17.8 Å². The number of likely N-dealkylation sites (tertiary alicyclic amines) is 1. The number of aromatic nitrogens is 1. The molecule has 0 saturated carbocycles. The van der Waals surface area contributed by atoms with E-state index in [1.165, 1.54) is 6.20 Å². The smallest absolute Gasteiger partial charge is 0.270 e. The van der Waals surface area contributed by atoms with Crippen LogP contribution in [-0.4, -0.2) is 45.3 Å². The predicted molar refractivity (Wildman–Crippen MR) is 152 cm³/mol. The van der Waals surface area contributed by atoms with E-state index in [-0.39, 0.29) is 24.6 Å². The molecule has 1 aromatic heterocycles. The standard InChI is InChI=1S/C32H34N4O5/c1-20(2)28(29(38)27-21(3)31(40)36(32(27)41)19-22-12-6-4-7-13-22)35-26(37)18-25(23-14-8-5-9-15-23)34-30(39)24-16-10-11-17-33-24/h4-17,20-21,25,27-28H,18-19H2,1-3H3,(H,34,39)(H,35,37)/t21-,25-,27+,28-/m0/s1. The number of nitrogens with zero attached hydrogens (tertiary/aromatic N) is 2. The number of imide groups is 1. The van der Waals surface area contributed by atoms with Crippen molar-refractivity contribution in [3.8, 4) is 0 Å². The van der Waals surface area contributed by atoms with Crippen molar-refractivity contribution in [1.29, 1.82) is 0 Å². The molecule has 0 unspecified atom stereocenters. The third kappa shape index (κ3) is 6.92. The van der Waals surface area contributed by atoms with Crippen LogP contribution < -0.4 is 10.6 Å². The number of nitrogens with one attached hydrogen (secondary N) is 2. The van der Waals surface area contributed by atoms with E-state index in [4.69, 9.17) is 0 Å². The van der Waals surface area contributed by atoms with Crippen LogP contribution >= 0.6 is 0 Å². The van der Waals surface area contributed by atoms with Gasteiger partial charge in [0.15, 0.2) is 5.78 Å². The van der Waals surface area contributed by atoms with Gasteiger partial charge in [-0.15, -0.1) is 0 Å². The molecule has 0 radical (unpaired) electrons. The molecule has 2 N–H and O–H groups in total. The van der Waals surface area contributed by atoms with E-state index in [0.29, 0.717) is 5.56 Å². The molecule has 1 saturated heterocycles. The van der Waals surface area contributed by atoms with Gasteiger partial charge in [-0.3, -0.25) is 33.9 Å². The Balaban J connectivity index is 1.49. The highest BCUT2D eigenvalue weighted by atomic mass is 16.2. The lowest BCUT2D eigenvalue weighted by molar-refractivity contribution is -0.142. The number of hydrogen-bond donors (Lipinski definition) is 2. The van der Waals surface area contributed by atoms with Gasteiger partial charge in [-0.1, -0.05) is 87.5 Å². The monoisotopic (exact) mass is 554 g/mol. The summed E-state index contributed by atoms with van der Waals surface area (Å²) in [6.07, 6.45) is 1.36. The van der Waals surface area contributed by atoms with Crippen molar-refractivity contribution in [1.82, 2.24) is 20.5 Å². The molecule has 3 aromatic rings. The second-order valence-corrected chi connectivity index (χ2v) is 10.6. The molecule has 0 aliphatic carbocycles. The first-order valence-corrected chi connectivity index (χ1v) is 13.7. The predicted octanol–water partition coefficient (Wildman–Crippen LogP) is 3.47. The largest absolute Gasteiger partial charge is 0.346 e. The van der Waals surface area contributed by atoms with Gasteiger partial charge in [0.2, 0.25) is 17.7 Å². The minimum atomic E-state index is -1.19. The molecule has 0 spiro atoms. The molecule has 2 heterocycles. The van der Waals surface area contributed by atoms with Crippen molar-refractivity contribution in [3.05, 3.63) is 102 Å². The van der Waals surface area contributed by atoms with Crippen molar-refractivity contribution in [2.75, 3.05) is 0 Å². The lowest BCUT2D eigenvalue weighted by Gasteiger charge is -2.26. The Hall–Kier alpha value is -4.66. The molecule has 1 aliphatic rings. The Kier molecular flexibility index (Phi) is 9.39. The Bertz CT molecular complexity index is 1400. The highest BCUT2D eigenvalue weighted by Crippen LogP contribution is 2.30. The zero-order valence-corrected chi connectivity index (χ0v) is 23.3. The second kappa shape index (κ2) is 13.1. The number of hydrogen-bond acceptors (Lipinski definition) is 6. The third-order valence-corrected chi connectivity index (χ3v) is 7.26. The van der Waals surface area contributed by atoms with Crippen molar-refractivity contribution in [3.63, 3.8) is 0 Å². The summed E-state index contributed by atoms with van der Waals surface area (Å²) < 4.78 is 0. The molecule has 1 fully saturated rings. The number of rotatable bonds is 11. The molecule has 9 nitrogen and oxygen atoms in total. The molecule has 9 heteroatoms. The number of carbonyl (C=O) groups is 5. The molecule has 41 heavy (non-hydrogen) atoms. The number of pyridine rings is 1.